The van der Waals surface area contributed by atoms with Crippen molar-refractivity contribution in [3.8, 4) is 39.6 Å². The summed E-state index contributed by atoms with van der Waals surface area (Å²) >= 11 is 0. The Morgan fingerprint density at radius 3 is 2.72 bits per heavy atom. The van der Waals surface area contributed by atoms with Crippen LogP contribution in [0.1, 0.15) is 28.4 Å². The molecule has 0 spiro atoms. The zero-order valence-electron chi connectivity index (χ0n) is 17.2. The molecule has 1 atom stereocenters. The van der Waals surface area contributed by atoms with E-state index in [2.05, 4.69) is 72.5 Å². The number of nitrogens with zero attached hydrogens (tertiary/aromatic N) is 1. The summed E-state index contributed by atoms with van der Waals surface area (Å²) in [5.41, 5.74) is 12.3. The first kappa shape index (κ1) is 18.2. The molecular weight excluding hydrogens is 374 g/mol. The lowest BCUT2D eigenvalue weighted by Crippen LogP contribution is -2.17. The summed E-state index contributed by atoms with van der Waals surface area (Å²) in [6.07, 6.45) is 1.67. The minimum atomic E-state index is -1.58. The average molecular weight is 398 g/mol. The molecule has 2 heterocycles. The SMILES string of the molecule is COC1c2cccnc2-c2cc3c(c(C#C[Si](C)(C)C)c21)-c1ccccc1CO3. The van der Waals surface area contributed by atoms with Gasteiger partial charge in [0.05, 0.1) is 5.69 Å². The first-order valence-corrected chi connectivity index (χ1v) is 13.4. The standard InChI is InChI=1S/C25H23NO2Si/c1-27-25-19-10-7-12-26-24(19)20-14-21-22(17-9-6-5-8-16(17)15-28-21)18(23(20)25)11-13-29(2,3)4/h5-10,12,14,25H,15H2,1-4H3. The second kappa shape index (κ2) is 6.59. The molecule has 3 aromatic rings. The molecule has 144 valence electrons. The van der Waals surface area contributed by atoms with E-state index in [1.807, 2.05) is 12.3 Å². The first-order chi connectivity index (χ1) is 14.0. The Morgan fingerprint density at radius 1 is 1.10 bits per heavy atom. The van der Waals surface area contributed by atoms with E-state index < -0.39 is 8.07 Å². The molecule has 2 aromatic carbocycles. The van der Waals surface area contributed by atoms with Gasteiger partial charge in [-0.2, -0.15) is 0 Å². The van der Waals surface area contributed by atoms with E-state index in [1.165, 1.54) is 11.1 Å². The number of hydrogen-bond acceptors (Lipinski definition) is 3. The van der Waals surface area contributed by atoms with Gasteiger partial charge in [-0.15, -0.1) is 5.54 Å². The third kappa shape index (κ3) is 2.90. The fourth-order valence-electron chi connectivity index (χ4n) is 4.20. The smallest absolute Gasteiger partial charge is 0.129 e. The number of ether oxygens (including phenoxy) is 2. The highest BCUT2D eigenvalue weighted by atomic mass is 28.3. The predicted molar refractivity (Wildman–Crippen MR) is 119 cm³/mol. The average Bonchev–Trinajstić information content (AvgIpc) is 3.04. The van der Waals surface area contributed by atoms with E-state index in [9.17, 15) is 0 Å². The van der Waals surface area contributed by atoms with Crippen LogP contribution in [-0.4, -0.2) is 20.2 Å². The number of fused-ring (bicyclic) bond motifs is 6. The van der Waals surface area contributed by atoms with Gasteiger partial charge < -0.3 is 9.47 Å². The molecule has 5 rings (SSSR count). The van der Waals surface area contributed by atoms with Crippen molar-refractivity contribution in [2.45, 2.75) is 32.4 Å². The van der Waals surface area contributed by atoms with Gasteiger partial charge >= 0.3 is 0 Å². The minimum Gasteiger partial charge on any atom is -0.488 e. The van der Waals surface area contributed by atoms with Gasteiger partial charge in [0.2, 0.25) is 0 Å². The molecular formula is C25H23NO2Si. The number of rotatable bonds is 1. The van der Waals surface area contributed by atoms with Crippen LogP contribution in [0.25, 0.3) is 22.4 Å². The Kier molecular flexibility index (Phi) is 4.13. The predicted octanol–water partition coefficient (Wildman–Crippen LogP) is 5.59. The lowest BCUT2D eigenvalue weighted by Gasteiger charge is -2.25. The van der Waals surface area contributed by atoms with Crippen molar-refractivity contribution in [2.75, 3.05) is 7.11 Å². The van der Waals surface area contributed by atoms with E-state index in [1.54, 1.807) is 7.11 Å². The second-order valence-corrected chi connectivity index (χ2v) is 13.3. The number of methoxy groups -OCH3 is 1. The van der Waals surface area contributed by atoms with E-state index in [-0.39, 0.29) is 6.10 Å². The van der Waals surface area contributed by atoms with Crippen molar-refractivity contribution < 1.29 is 9.47 Å². The summed E-state index contributed by atoms with van der Waals surface area (Å²) in [4.78, 5) is 4.67. The summed E-state index contributed by atoms with van der Waals surface area (Å²) < 4.78 is 12.2. The Balaban J connectivity index is 1.88. The summed E-state index contributed by atoms with van der Waals surface area (Å²) in [7, 11) is 0.180. The highest BCUT2D eigenvalue weighted by Crippen LogP contribution is 2.52. The van der Waals surface area contributed by atoms with Crippen molar-refractivity contribution in [1.82, 2.24) is 4.98 Å². The van der Waals surface area contributed by atoms with Crippen LogP contribution in [0.5, 0.6) is 5.75 Å². The van der Waals surface area contributed by atoms with Crippen molar-refractivity contribution in [3.05, 3.63) is 70.9 Å². The molecule has 0 N–H and O–H groups in total. The number of pyridine rings is 1. The molecule has 1 aromatic heterocycles. The van der Waals surface area contributed by atoms with Crippen LogP contribution in [0.4, 0.5) is 0 Å². The molecule has 3 nitrogen and oxygen atoms in total. The van der Waals surface area contributed by atoms with Crippen molar-refractivity contribution >= 4 is 8.07 Å². The van der Waals surface area contributed by atoms with Gasteiger partial charge in [-0.3, -0.25) is 4.98 Å². The summed E-state index contributed by atoms with van der Waals surface area (Å²) in [6, 6.07) is 14.6. The lowest BCUT2D eigenvalue weighted by atomic mass is 9.88. The van der Waals surface area contributed by atoms with Crippen LogP contribution in [0.2, 0.25) is 19.6 Å². The third-order valence-corrected chi connectivity index (χ3v) is 6.31. The largest absolute Gasteiger partial charge is 0.488 e. The maximum absolute atomic E-state index is 6.21. The van der Waals surface area contributed by atoms with E-state index in [0.29, 0.717) is 6.61 Å². The zero-order chi connectivity index (χ0) is 20.2. The molecule has 1 unspecified atom stereocenters. The molecule has 0 amide bonds. The first-order valence-electron chi connectivity index (χ1n) is 9.91. The third-order valence-electron chi connectivity index (χ3n) is 5.44. The van der Waals surface area contributed by atoms with E-state index in [0.717, 1.165) is 39.3 Å². The zero-order valence-corrected chi connectivity index (χ0v) is 18.2. The van der Waals surface area contributed by atoms with Crippen LogP contribution in [0.15, 0.2) is 48.7 Å². The quantitative estimate of drug-likeness (QED) is 0.396. The molecule has 0 saturated heterocycles. The number of benzene rings is 2. The number of aromatic nitrogens is 1. The molecule has 2 aliphatic rings. The normalized spacial score (nSPS) is 15.9. The lowest BCUT2D eigenvalue weighted by molar-refractivity contribution is 0.139. The van der Waals surface area contributed by atoms with Crippen molar-refractivity contribution in [3.63, 3.8) is 0 Å². The second-order valence-electron chi connectivity index (χ2n) is 8.59. The van der Waals surface area contributed by atoms with Gasteiger partial charge in [0.25, 0.3) is 0 Å². The van der Waals surface area contributed by atoms with Crippen LogP contribution in [-0.2, 0) is 11.3 Å². The molecule has 4 heteroatoms. The molecule has 0 saturated carbocycles. The molecule has 0 fully saturated rings. The molecule has 1 aliphatic heterocycles. The summed E-state index contributed by atoms with van der Waals surface area (Å²) in [6.45, 7) is 7.38. The van der Waals surface area contributed by atoms with Crippen LogP contribution >= 0.6 is 0 Å². The van der Waals surface area contributed by atoms with Gasteiger partial charge in [-0.05, 0) is 23.3 Å². The Labute approximate surface area is 172 Å². The molecule has 29 heavy (non-hydrogen) atoms. The maximum Gasteiger partial charge on any atom is 0.129 e. The van der Waals surface area contributed by atoms with Gasteiger partial charge in [-0.1, -0.05) is 55.9 Å². The molecule has 1 aliphatic carbocycles. The maximum atomic E-state index is 6.21. The Hall–Kier alpha value is -2.87. The fourth-order valence-corrected chi connectivity index (χ4v) is 4.70. The van der Waals surface area contributed by atoms with Crippen LogP contribution < -0.4 is 4.74 Å². The van der Waals surface area contributed by atoms with Gasteiger partial charge in [-0.25, -0.2) is 0 Å². The van der Waals surface area contributed by atoms with Crippen LogP contribution in [0, 0.1) is 11.5 Å². The van der Waals surface area contributed by atoms with Crippen molar-refractivity contribution in [1.29, 1.82) is 0 Å². The van der Waals surface area contributed by atoms with Gasteiger partial charge in [0.15, 0.2) is 0 Å². The van der Waals surface area contributed by atoms with Crippen LogP contribution in [0.3, 0.4) is 0 Å². The van der Waals surface area contributed by atoms with Crippen molar-refractivity contribution in [2.24, 2.45) is 0 Å². The van der Waals surface area contributed by atoms with E-state index >= 15 is 0 Å². The fraction of sp³-hybridized carbons (Fsp3) is 0.240. The molecule has 0 bridgehead atoms. The van der Waals surface area contributed by atoms with E-state index in [4.69, 9.17) is 9.47 Å². The molecule has 0 radical (unpaired) electrons. The monoisotopic (exact) mass is 397 g/mol. The Morgan fingerprint density at radius 2 is 1.93 bits per heavy atom. The number of hydrogen-bond donors (Lipinski definition) is 0. The topological polar surface area (TPSA) is 31.4 Å². The summed E-state index contributed by atoms with van der Waals surface area (Å²) in [5, 5.41) is 0. The van der Waals surface area contributed by atoms with Gasteiger partial charge in [0, 0.05) is 41.1 Å². The Bertz CT molecular complexity index is 1200. The highest BCUT2D eigenvalue weighted by molar-refractivity contribution is 6.83. The minimum absolute atomic E-state index is 0.168. The summed E-state index contributed by atoms with van der Waals surface area (Å²) in [5.74, 6) is 4.46. The van der Waals surface area contributed by atoms with Gasteiger partial charge in [0.1, 0.15) is 26.5 Å². The highest BCUT2D eigenvalue weighted by Gasteiger charge is 2.36.